The van der Waals surface area contributed by atoms with Gasteiger partial charge >= 0.3 is 0 Å². The zero-order valence-corrected chi connectivity index (χ0v) is 8.91. The van der Waals surface area contributed by atoms with Gasteiger partial charge in [0.1, 0.15) is 5.75 Å². The summed E-state index contributed by atoms with van der Waals surface area (Å²) >= 11 is 0. The van der Waals surface area contributed by atoms with Crippen LogP contribution < -0.4 is 10.5 Å². The smallest absolute Gasteiger partial charge is 0.122 e. The molecule has 1 aliphatic carbocycles. The first-order valence-electron chi connectivity index (χ1n) is 5.84. The van der Waals surface area contributed by atoms with Crippen LogP contribution in [0.4, 0.5) is 0 Å². The monoisotopic (exact) mass is 203 g/mol. The maximum Gasteiger partial charge on any atom is 0.122 e. The van der Waals surface area contributed by atoms with Crippen molar-refractivity contribution in [1.29, 1.82) is 0 Å². The largest absolute Gasteiger partial charge is 0.493 e. The maximum atomic E-state index is 5.82. The Balaban J connectivity index is 1.85. The predicted molar refractivity (Wildman–Crippen MR) is 60.2 cm³/mol. The van der Waals surface area contributed by atoms with E-state index in [1.54, 1.807) is 0 Å². The van der Waals surface area contributed by atoms with Gasteiger partial charge in [0, 0.05) is 6.04 Å². The van der Waals surface area contributed by atoms with Crippen molar-refractivity contribution in [1.82, 2.24) is 0 Å². The molecule has 0 aromatic heterocycles. The van der Waals surface area contributed by atoms with Crippen LogP contribution in [0, 0.1) is 0 Å². The van der Waals surface area contributed by atoms with Crippen molar-refractivity contribution in [2.75, 3.05) is 6.61 Å². The lowest BCUT2D eigenvalue weighted by Gasteiger charge is -2.33. The minimum absolute atomic E-state index is 0.433. The Morgan fingerprint density at radius 2 is 2.13 bits per heavy atom. The van der Waals surface area contributed by atoms with Crippen molar-refractivity contribution in [2.24, 2.45) is 5.73 Å². The van der Waals surface area contributed by atoms with Crippen molar-refractivity contribution in [3.05, 3.63) is 29.3 Å². The van der Waals surface area contributed by atoms with Crippen LogP contribution in [0.5, 0.6) is 5.75 Å². The first-order chi connectivity index (χ1) is 7.33. The third-order valence-corrected chi connectivity index (χ3v) is 3.58. The molecule has 15 heavy (non-hydrogen) atoms. The second-order valence-corrected chi connectivity index (χ2v) is 4.75. The van der Waals surface area contributed by atoms with Gasteiger partial charge in [0.25, 0.3) is 0 Å². The molecule has 2 N–H and O–H groups in total. The van der Waals surface area contributed by atoms with Gasteiger partial charge in [-0.1, -0.05) is 12.1 Å². The quantitative estimate of drug-likeness (QED) is 0.759. The third kappa shape index (κ3) is 1.63. The Bertz CT molecular complexity index is 369. The van der Waals surface area contributed by atoms with E-state index in [1.807, 2.05) is 0 Å². The van der Waals surface area contributed by atoms with Crippen molar-refractivity contribution >= 4 is 0 Å². The Kier molecular flexibility index (Phi) is 2.17. The van der Waals surface area contributed by atoms with Crippen LogP contribution >= 0.6 is 0 Å². The summed E-state index contributed by atoms with van der Waals surface area (Å²) in [6, 6.07) is 7.10. The molecule has 0 saturated heterocycles. The van der Waals surface area contributed by atoms with Gasteiger partial charge < -0.3 is 10.5 Å². The van der Waals surface area contributed by atoms with E-state index < -0.39 is 0 Å². The van der Waals surface area contributed by atoms with E-state index in [0.29, 0.717) is 12.0 Å². The highest BCUT2D eigenvalue weighted by Gasteiger charge is 2.27. The van der Waals surface area contributed by atoms with Gasteiger partial charge in [-0.25, -0.2) is 0 Å². The molecule has 1 aromatic rings. The number of benzene rings is 1. The van der Waals surface area contributed by atoms with E-state index in [1.165, 1.54) is 17.5 Å². The molecule has 2 heteroatoms. The molecule has 0 atom stereocenters. The van der Waals surface area contributed by atoms with Crippen LogP contribution in [0.15, 0.2) is 18.2 Å². The van der Waals surface area contributed by atoms with Crippen LogP contribution in [0.3, 0.4) is 0 Å². The van der Waals surface area contributed by atoms with Gasteiger partial charge in [0.15, 0.2) is 0 Å². The molecule has 0 radical (unpaired) electrons. The number of nitrogens with two attached hydrogens (primary N) is 1. The fourth-order valence-corrected chi connectivity index (χ4v) is 2.57. The Labute approximate surface area is 90.4 Å². The minimum atomic E-state index is 0.433. The summed E-state index contributed by atoms with van der Waals surface area (Å²) in [5.41, 5.74) is 8.67. The molecule has 80 valence electrons. The Hall–Kier alpha value is -1.02. The fourth-order valence-electron chi connectivity index (χ4n) is 2.57. The predicted octanol–water partition coefficient (Wildman–Crippen LogP) is 2.22. The zero-order chi connectivity index (χ0) is 10.3. The highest BCUT2D eigenvalue weighted by Crippen LogP contribution is 2.38. The molecular weight excluding hydrogens is 186 g/mol. The molecule has 1 heterocycles. The molecule has 0 unspecified atom stereocenters. The second-order valence-electron chi connectivity index (χ2n) is 4.75. The van der Waals surface area contributed by atoms with Gasteiger partial charge in [-0.3, -0.25) is 0 Å². The maximum absolute atomic E-state index is 5.82. The first kappa shape index (κ1) is 9.22. The first-order valence-corrected chi connectivity index (χ1v) is 5.84. The normalized spacial score (nSPS) is 28.9. The number of aryl methyl sites for hydroxylation is 1. The van der Waals surface area contributed by atoms with E-state index in [9.17, 15) is 0 Å². The van der Waals surface area contributed by atoms with Crippen LogP contribution in [0.1, 0.15) is 36.3 Å². The lowest BCUT2D eigenvalue weighted by atomic mass is 9.76. The average Bonchev–Trinajstić information content (AvgIpc) is 2.24. The van der Waals surface area contributed by atoms with Crippen LogP contribution in [0.2, 0.25) is 0 Å². The van der Waals surface area contributed by atoms with E-state index in [4.69, 9.17) is 10.5 Å². The highest BCUT2D eigenvalue weighted by atomic mass is 16.5. The Morgan fingerprint density at radius 3 is 2.93 bits per heavy atom. The van der Waals surface area contributed by atoms with Crippen molar-refractivity contribution in [3.63, 3.8) is 0 Å². The van der Waals surface area contributed by atoms with Crippen LogP contribution in [0.25, 0.3) is 0 Å². The zero-order valence-electron chi connectivity index (χ0n) is 8.91. The average molecular weight is 203 g/mol. The van der Waals surface area contributed by atoms with Gasteiger partial charge in [0.05, 0.1) is 6.61 Å². The number of ether oxygens (including phenoxy) is 1. The molecule has 0 bridgehead atoms. The number of fused-ring (bicyclic) bond motifs is 1. The van der Waals surface area contributed by atoms with Crippen molar-refractivity contribution in [3.8, 4) is 5.75 Å². The second kappa shape index (κ2) is 3.53. The Morgan fingerprint density at radius 1 is 1.27 bits per heavy atom. The molecule has 0 spiro atoms. The number of rotatable bonds is 1. The molecule has 2 aliphatic rings. The summed E-state index contributed by atoms with van der Waals surface area (Å²) in [6.07, 6.45) is 4.63. The van der Waals surface area contributed by atoms with E-state index in [2.05, 4.69) is 18.2 Å². The van der Waals surface area contributed by atoms with E-state index >= 15 is 0 Å². The van der Waals surface area contributed by atoms with Crippen molar-refractivity contribution in [2.45, 2.75) is 37.6 Å². The number of hydrogen-bond acceptors (Lipinski definition) is 2. The van der Waals surface area contributed by atoms with Gasteiger partial charge in [0.2, 0.25) is 0 Å². The lowest BCUT2D eigenvalue weighted by Crippen LogP contribution is -2.34. The SMILES string of the molecule is NC1CC(c2ccc3c(c2)CCCO3)C1. The van der Waals surface area contributed by atoms with Gasteiger partial charge in [-0.2, -0.15) is 0 Å². The molecule has 1 fully saturated rings. The molecule has 1 aromatic carbocycles. The highest BCUT2D eigenvalue weighted by molar-refractivity contribution is 5.40. The van der Waals surface area contributed by atoms with Gasteiger partial charge in [-0.15, -0.1) is 0 Å². The topological polar surface area (TPSA) is 35.2 Å². The summed E-state index contributed by atoms with van der Waals surface area (Å²) in [5.74, 6) is 1.79. The number of hydrogen-bond donors (Lipinski definition) is 1. The molecule has 3 rings (SSSR count). The van der Waals surface area contributed by atoms with E-state index in [0.717, 1.165) is 31.6 Å². The summed E-state index contributed by atoms with van der Waals surface area (Å²) in [6.45, 7) is 0.876. The molecule has 2 nitrogen and oxygen atoms in total. The molecule has 1 saturated carbocycles. The third-order valence-electron chi connectivity index (χ3n) is 3.58. The molecular formula is C13H17NO. The van der Waals surface area contributed by atoms with Crippen molar-refractivity contribution < 1.29 is 4.74 Å². The standard InChI is InChI=1S/C13H17NO/c14-12-7-11(8-12)9-3-4-13-10(6-9)2-1-5-15-13/h3-4,6,11-12H,1-2,5,7-8,14H2. The van der Waals surface area contributed by atoms with Crippen LogP contribution in [-0.2, 0) is 6.42 Å². The summed E-state index contributed by atoms with van der Waals surface area (Å²) in [5, 5.41) is 0. The molecule has 1 aliphatic heterocycles. The summed E-state index contributed by atoms with van der Waals surface area (Å²) < 4.78 is 5.61. The van der Waals surface area contributed by atoms with Gasteiger partial charge in [-0.05, 0) is 48.8 Å². The fraction of sp³-hybridized carbons (Fsp3) is 0.538. The lowest BCUT2D eigenvalue weighted by molar-refractivity contribution is 0.287. The van der Waals surface area contributed by atoms with E-state index in [-0.39, 0.29) is 0 Å². The minimum Gasteiger partial charge on any atom is -0.493 e. The van der Waals surface area contributed by atoms with Crippen LogP contribution in [-0.4, -0.2) is 12.6 Å². The summed E-state index contributed by atoms with van der Waals surface area (Å²) in [4.78, 5) is 0. The summed E-state index contributed by atoms with van der Waals surface area (Å²) in [7, 11) is 0. The molecule has 0 amide bonds.